The van der Waals surface area contributed by atoms with Gasteiger partial charge in [0.05, 0.1) is 0 Å². The van der Waals surface area contributed by atoms with E-state index in [0.29, 0.717) is 18.3 Å². The van der Waals surface area contributed by atoms with Crippen LogP contribution in [0.1, 0.15) is 19.8 Å². The van der Waals surface area contributed by atoms with Crippen LogP contribution in [0.15, 0.2) is 0 Å². The zero-order valence-corrected chi connectivity index (χ0v) is 10.2. The molecule has 1 unspecified atom stereocenters. The molecule has 0 radical (unpaired) electrons. The summed E-state index contributed by atoms with van der Waals surface area (Å²) in [4.78, 5) is 13.9. The molecule has 0 aromatic rings. The minimum atomic E-state index is 0.259. The van der Waals surface area contributed by atoms with Gasteiger partial charge in [-0.3, -0.25) is 4.79 Å². The summed E-state index contributed by atoms with van der Waals surface area (Å²) in [6.07, 6.45) is 2.06. The number of halogens is 1. The lowest BCUT2D eigenvalue weighted by atomic mass is 10.1. The molecule has 2 nitrogen and oxygen atoms in total. The molecule has 1 atom stereocenters. The van der Waals surface area contributed by atoms with Crippen LogP contribution in [0.25, 0.3) is 0 Å². The van der Waals surface area contributed by atoms with Crippen molar-refractivity contribution in [2.24, 2.45) is 5.92 Å². The Labute approximate surface area is 95.4 Å². The van der Waals surface area contributed by atoms with Gasteiger partial charge in [0.15, 0.2) is 0 Å². The summed E-state index contributed by atoms with van der Waals surface area (Å²) in [7, 11) is 0. The number of hydrogen-bond donors (Lipinski definition) is 0. The van der Waals surface area contributed by atoms with Crippen molar-refractivity contribution in [3.8, 4) is 0 Å². The van der Waals surface area contributed by atoms with Crippen LogP contribution in [0.2, 0.25) is 0 Å². The van der Waals surface area contributed by atoms with Crippen molar-refractivity contribution in [1.82, 2.24) is 4.90 Å². The smallest absolute Gasteiger partial charge is 0.226 e. The molecular formula is C10H18ClNOS. The molecule has 1 fully saturated rings. The lowest BCUT2D eigenvalue weighted by Gasteiger charge is -2.23. The molecule has 0 aromatic heterocycles. The highest BCUT2D eigenvalue weighted by atomic mass is 35.5. The summed E-state index contributed by atoms with van der Waals surface area (Å²) in [5.41, 5.74) is 0. The number of rotatable bonds is 5. The van der Waals surface area contributed by atoms with Gasteiger partial charge in [0.25, 0.3) is 0 Å². The molecule has 1 rings (SSSR count). The third kappa shape index (κ3) is 3.35. The van der Waals surface area contributed by atoms with Crippen LogP contribution >= 0.6 is 23.4 Å². The van der Waals surface area contributed by atoms with Gasteiger partial charge in [-0.1, -0.05) is 6.92 Å². The fraction of sp³-hybridized carbons (Fsp3) is 0.900. The summed E-state index contributed by atoms with van der Waals surface area (Å²) in [6.45, 7) is 3.65. The van der Waals surface area contributed by atoms with E-state index in [4.69, 9.17) is 11.6 Å². The summed E-state index contributed by atoms with van der Waals surface area (Å²) in [5, 5.41) is 0. The van der Waals surface area contributed by atoms with Gasteiger partial charge < -0.3 is 4.90 Å². The highest BCUT2D eigenvalue weighted by Gasteiger charge is 2.26. The molecular weight excluding hydrogens is 218 g/mol. The second-order valence-electron chi connectivity index (χ2n) is 3.57. The van der Waals surface area contributed by atoms with Gasteiger partial charge >= 0.3 is 0 Å². The summed E-state index contributed by atoms with van der Waals surface area (Å²) >= 11 is 7.57. The first-order chi connectivity index (χ1) is 6.79. The predicted octanol–water partition coefficient (Wildman–Crippen LogP) is 2.22. The Balaban J connectivity index is 2.43. The van der Waals surface area contributed by atoms with Crippen LogP contribution in [0.3, 0.4) is 0 Å². The second-order valence-corrected chi connectivity index (χ2v) is 5.10. The van der Waals surface area contributed by atoms with Gasteiger partial charge in [0, 0.05) is 30.6 Å². The molecule has 0 aromatic carbocycles. The Hall–Kier alpha value is 0.110. The minimum absolute atomic E-state index is 0.259. The first-order valence-electron chi connectivity index (χ1n) is 5.22. The molecule has 1 saturated heterocycles. The van der Waals surface area contributed by atoms with Crippen molar-refractivity contribution < 1.29 is 4.79 Å². The van der Waals surface area contributed by atoms with E-state index in [1.807, 2.05) is 16.7 Å². The number of hydrogen-bond acceptors (Lipinski definition) is 2. The Kier molecular flexibility index (Phi) is 5.71. The second kappa shape index (κ2) is 6.57. The first-order valence-corrected chi connectivity index (χ1v) is 6.91. The number of nitrogens with zero attached hydrogens (tertiary/aromatic N) is 1. The molecule has 0 N–H and O–H groups in total. The van der Waals surface area contributed by atoms with E-state index in [1.54, 1.807) is 0 Å². The average Bonchev–Trinajstić information content (AvgIpc) is 2.69. The van der Waals surface area contributed by atoms with Crippen molar-refractivity contribution in [3.05, 3.63) is 0 Å². The maximum atomic E-state index is 12.0. The van der Waals surface area contributed by atoms with E-state index in [-0.39, 0.29) is 5.92 Å². The van der Waals surface area contributed by atoms with Crippen molar-refractivity contribution in [1.29, 1.82) is 0 Å². The maximum absolute atomic E-state index is 12.0. The van der Waals surface area contributed by atoms with Crippen LogP contribution in [0.5, 0.6) is 0 Å². The number of carbonyl (C=O) groups is 1. The Bertz CT molecular complexity index is 177. The molecule has 1 heterocycles. The van der Waals surface area contributed by atoms with Gasteiger partial charge in [-0.15, -0.1) is 11.6 Å². The fourth-order valence-electron chi connectivity index (χ4n) is 1.69. The molecule has 14 heavy (non-hydrogen) atoms. The Morgan fingerprint density at radius 1 is 1.57 bits per heavy atom. The van der Waals surface area contributed by atoms with E-state index >= 15 is 0 Å². The highest BCUT2D eigenvalue weighted by Crippen LogP contribution is 2.25. The standard InChI is InChI=1S/C10H18ClNOS/c1-2-5-12(6-4-11)10(13)9-3-7-14-8-9/h9H,2-8H2,1H3. The summed E-state index contributed by atoms with van der Waals surface area (Å²) < 4.78 is 0. The molecule has 0 saturated carbocycles. The molecule has 0 bridgehead atoms. The van der Waals surface area contributed by atoms with Crippen LogP contribution < -0.4 is 0 Å². The highest BCUT2D eigenvalue weighted by molar-refractivity contribution is 7.99. The Morgan fingerprint density at radius 2 is 2.36 bits per heavy atom. The topological polar surface area (TPSA) is 20.3 Å². The largest absolute Gasteiger partial charge is 0.341 e. The molecule has 1 aliphatic heterocycles. The van der Waals surface area contributed by atoms with E-state index in [1.165, 1.54) is 0 Å². The van der Waals surface area contributed by atoms with Gasteiger partial charge in [0.2, 0.25) is 5.91 Å². The first kappa shape index (κ1) is 12.2. The SMILES string of the molecule is CCCN(CCCl)C(=O)C1CCSC1. The van der Waals surface area contributed by atoms with Gasteiger partial charge in [-0.25, -0.2) is 0 Å². The Morgan fingerprint density at radius 3 is 2.86 bits per heavy atom. The van der Waals surface area contributed by atoms with Crippen molar-refractivity contribution in [2.75, 3.05) is 30.5 Å². The molecule has 0 aliphatic carbocycles. The van der Waals surface area contributed by atoms with Gasteiger partial charge in [-0.2, -0.15) is 11.8 Å². The number of alkyl halides is 1. The number of carbonyl (C=O) groups excluding carboxylic acids is 1. The van der Waals surface area contributed by atoms with E-state index in [0.717, 1.165) is 30.9 Å². The normalized spacial score (nSPS) is 21.1. The van der Waals surface area contributed by atoms with Crippen LogP contribution in [-0.4, -0.2) is 41.3 Å². The number of amides is 1. The summed E-state index contributed by atoms with van der Waals surface area (Å²) in [6, 6.07) is 0. The van der Waals surface area contributed by atoms with Gasteiger partial charge in [-0.05, 0) is 18.6 Å². The zero-order chi connectivity index (χ0) is 10.4. The predicted molar refractivity (Wildman–Crippen MR) is 63.0 cm³/mol. The third-order valence-corrected chi connectivity index (χ3v) is 3.77. The minimum Gasteiger partial charge on any atom is -0.341 e. The summed E-state index contributed by atoms with van der Waals surface area (Å²) in [5.74, 6) is 3.26. The van der Waals surface area contributed by atoms with E-state index in [9.17, 15) is 4.79 Å². The quantitative estimate of drug-likeness (QED) is 0.682. The average molecular weight is 236 g/mol. The van der Waals surface area contributed by atoms with E-state index < -0.39 is 0 Å². The zero-order valence-electron chi connectivity index (χ0n) is 8.67. The third-order valence-electron chi connectivity index (χ3n) is 2.44. The molecule has 82 valence electrons. The van der Waals surface area contributed by atoms with Crippen LogP contribution in [0.4, 0.5) is 0 Å². The maximum Gasteiger partial charge on any atom is 0.226 e. The van der Waals surface area contributed by atoms with Crippen LogP contribution in [0, 0.1) is 5.92 Å². The molecule has 1 aliphatic rings. The molecule has 1 amide bonds. The van der Waals surface area contributed by atoms with E-state index in [2.05, 4.69) is 6.92 Å². The lowest BCUT2D eigenvalue weighted by Crippen LogP contribution is -2.38. The van der Waals surface area contributed by atoms with Gasteiger partial charge in [0.1, 0.15) is 0 Å². The monoisotopic (exact) mass is 235 g/mol. The lowest BCUT2D eigenvalue weighted by molar-refractivity contribution is -0.134. The van der Waals surface area contributed by atoms with Crippen molar-refractivity contribution >= 4 is 29.3 Å². The number of thioether (sulfide) groups is 1. The van der Waals surface area contributed by atoms with Crippen molar-refractivity contribution in [3.63, 3.8) is 0 Å². The fourth-order valence-corrected chi connectivity index (χ4v) is 3.11. The molecule has 4 heteroatoms. The molecule has 0 spiro atoms. The van der Waals surface area contributed by atoms with Crippen LogP contribution in [-0.2, 0) is 4.79 Å². The van der Waals surface area contributed by atoms with Crippen molar-refractivity contribution in [2.45, 2.75) is 19.8 Å².